The summed E-state index contributed by atoms with van der Waals surface area (Å²) in [6.45, 7) is 6.87. The van der Waals surface area contributed by atoms with Crippen molar-refractivity contribution in [2.45, 2.75) is 179 Å². The van der Waals surface area contributed by atoms with Gasteiger partial charge >= 0.3 is 0 Å². The van der Waals surface area contributed by atoms with Crippen LogP contribution in [0.15, 0.2) is 22.9 Å². The van der Waals surface area contributed by atoms with E-state index in [1.165, 1.54) is 20.8 Å². The quantitative estimate of drug-likeness (QED) is 0.0221. The molecule has 0 aromatic heterocycles. The molecular weight excluding hydrogens is 899 g/mol. The second kappa shape index (κ2) is 35.9. The summed E-state index contributed by atoms with van der Waals surface area (Å²) in [5.41, 5.74) is -1.08. The molecule has 1 saturated heterocycles. The normalized spacial score (nSPS) is 22.0. The summed E-state index contributed by atoms with van der Waals surface area (Å²) in [5, 5.41) is 118. The van der Waals surface area contributed by atoms with Crippen LogP contribution < -0.4 is 16.0 Å². The number of amides is 3. The number of aliphatic hydroxyl groups is 11. The Morgan fingerprint density at radius 1 is 0.574 bits per heavy atom. The van der Waals surface area contributed by atoms with E-state index in [0.717, 1.165) is 44.9 Å². The Balaban J connectivity index is 2.67. The number of carbonyl (C=O) groups excluding carboxylic acids is 3. The Morgan fingerprint density at radius 3 is 1.51 bits per heavy atom. The minimum absolute atomic E-state index is 0.0747. The van der Waals surface area contributed by atoms with E-state index >= 15 is 0 Å². The second-order valence-corrected chi connectivity index (χ2v) is 17.8. The van der Waals surface area contributed by atoms with Gasteiger partial charge in [0.15, 0.2) is 6.29 Å². The van der Waals surface area contributed by atoms with Crippen molar-refractivity contribution in [1.82, 2.24) is 16.0 Å². The largest absolute Gasteiger partial charge is 0.508 e. The van der Waals surface area contributed by atoms with Crippen molar-refractivity contribution >= 4 is 17.7 Å². The number of nitrogens with one attached hydrogen (secondary N) is 3. The predicted molar refractivity (Wildman–Crippen MR) is 246 cm³/mol. The third kappa shape index (κ3) is 25.7. The minimum Gasteiger partial charge on any atom is -0.508 e. The predicted octanol–water partition coefficient (Wildman–Crippen LogP) is 0.0939. The third-order valence-electron chi connectivity index (χ3n) is 11.2. The van der Waals surface area contributed by atoms with Gasteiger partial charge < -0.3 is 95.8 Å². The molecule has 0 radical (unpaired) electrons. The molecule has 0 aliphatic carbocycles. The van der Waals surface area contributed by atoms with E-state index in [9.17, 15) is 60.3 Å². The molecule has 1 aliphatic heterocycles. The first-order chi connectivity index (χ1) is 32.3. The standard InChI is InChI=1S/C46H85N3O19/c1-30(53)47-38(41(59)34(57)18-20-50)33(56)16-10-5-7-12-22-64-27-46(4,29-66-24-14-9-15-25-67-45(63)40(49-32(3)55)42(60)35(58)19-21-51)28-65-23-13-8-6-11-17-36-39(48-31(2)54)44(62)43(61)37(26-52)68-36/h33-37,39,43-45,50-52,56-63H,5-29H2,1-4H3,(H,47,53)(H,48,54)(H,49,55)/b41-38+,42-40+/t33-,34-,35-,36-,37?,39?,43-,44?,45-,46?/m0/s1. The topological polar surface area (TPSA) is 356 Å². The van der Waals surface area contributed by atoms with Crippen molar-refractivity contribution in [3.05, 3.63) is 22.9 Å². The lowest BCUT2D eigenvalue weighted by Crippen LogP contribution is -2.63. The van der Waals surface area contributed by atoms with Gasteiger partial charge in [-0.15, -0.1) is 0 Å². The number of carbonyl (C=O) groups is 3. The molecule has 68 heavy (non-hydrogen) atoms. The van der Waals surface area contributed by atoms with E-state index in [-0.39, 0.29) is 44.1 Å². The van der Waals surface area contributed by atoms with Crippen LogP contribution >= 0.6 is 0 Å². The van der Waals surface area contributed by atoms with Crippen LogP contribution in [-0.2, 0) is 38.1 Å². The van der Waals surface area contributed by atoms with Crippen LogP contribution in [0.25, 0.3) is 0 Å². The van der Waals surface area contributed by atoms with Crippen molar-refractivity contribution < 1.29 is 94.2 Å². The molecule has 14 N–H and O–H groups in total. The molecule has 10 atom stereocenters. The number of aliphatic hydroxyl groups excluding tert-OH is 11. The molecule has 1 heterocycles. The molecule has 4 unspecified atom stereocenters. The molecule has 3 amide bonds. The molecule has 1 rings (SSSR count). The molecule has 0 aromatic carbocycles. The molecule has 0 spiro atoms. The lowest BCUT2D eigenvalue weighted by molar-refractivity contribution is -0.196. The maximum Gasteiger partial charge on any atom is 0.221 e. The van der Waals surface area contributed by atoms with Gasteiger partial charge in [-0.25, -0.2) is 0 Å². The Labute approximate surface area is 400 Å². The van der Waals surface area contributed by atoms with Gasteiger partial charge in [0.05, 0.1) is 57.0 Å². The van der Waals surface area contributed by atoms with Crippen LogP contribution in [0.3, 0.4) is 0 Å². The summed E-state index contributed by atoms with van der Waals surface area (Å²) in [5.74, 6) is -2.77. The smallest absolute Gasteiger partial charge is 0.221 e. The first-order valence-corrected chi connectivity index (χ1v) is 23.9. The van der Waals surface area contributed by atoms with E-state index < -0.39 is 103 Å². The summed E-state index contributed by atoms with van der Waals surface area (Å²) in [7, 11) is 0. The van der Waals surface area contributed by atoms with Crippen LogP contribution in [0.4, 0.5) is 0 Å². The third-order valence-corrected chi connectivity index (χ3v) is 11.2. The number of unbranched alkanes of at least 4 members (excludes halogenated alkanes) is 8. The van der Waals surface area contributed by atoms with E-state index in [2.05, 4.69) is 16.0 Å². The maximum absolute atomic E-state index is 11.7. The summed E-state index contributed by atoms with van der Waals surface area (Å²) >= 11 is 0. The highest BCUT2D eigenvalue weighted by atomic mass is 16.6. The molecular formula is C46H85N3O19. The summed E-state index contributed by atoms with van der Waals surface area (Å²) < 4.78 is 29.5. The average molecular weight is 984 g/mol. The van der Waals surface area contributed by atoms with E-state index in [1.54, 1.807) is 0 Å². The minimum atomic E-state index is -1.71. The maximum atomic E-state index is 11.7. The molecule has 22 heteroatoms. The summed E-state index contributed by atoms with van der Waals surface area (Å²) in [6.07, 6.45) is -1.86. The number of rotatable bonds is 39. The fourth-order valence-electron chi connectivity index (χ4n) is 7.47. The van der Waals surface area contributed by atoms with Crippen LogP contribution in [0, 0.1) is 5.41 Å². The van der Waals surface area contributed by atoms with Gasteiger partial charge in [-0.2, -0.15) is 0 Å². The average Bonchev–Trinajstić information content (AvgIpc) is 3.28. The van der Waals surface area contributed by atoms with Crippen molar-refractivity contribution in [3.8, 4) is 0 Å². The molecule has 1 fully saturated rings. The zero-order valence-corrected chi connectivity index (χ0v) is 40.6. The highest BCUT2D eigenvalue weighted by Crippen LogP contribution is 2.26. The van der Waals surface area contributed by atoms with E-state index in [1.807, 2.05) is 6.92 Å². The number of hydrogen-bond donors (Lipinski definition) is 14. The van der Waals surface area contributed by atoms with Crippen molar-refractivity contribution in [2.75, 3.05) is 66.1 Å². The molecule has 398 valence electrons. The van der Waals surface area contributed by atoms with E-state index in [0.29, 0.717) is 71.7 Å². The van der Waals surface area contributed by atoms with Crippen LogP contribution in [0.2, 0.25) is 0 Å². The van der Waals surface area contributed by atoms with Gasteiger partial charge in [0.2, 0.25) is 17.7 Å². The van der Waals surface area contributed by atoms with Crippen molar-refractivity contribution in [1.29, 1.82) is 0 Å². The monoisotopic (exact) mass is 984 g/mol. The lowest BCUT2D eigenvalue weighted by Gasteiger charge is -2.42. The molecule has 1 aliphatic rings. The summed E-state index contributed by atoms with van der Waals surface area (Å²) in [6, 6.07) is -0.799. The zero-order valence-electron chi connectivity index (χ0n) is 40.6. The van der Waals surface area contributed by atoms with Crippen molar-refractivity contribution in [2.24, 2.45) is 5.41 Å². The van der Waals surface area contributed by atoms with Crippen molar-refractivity contribution in [3.63, 3.8) is 0 Å². The first kappa shape index (κ1) is 62.9. The van der Waals surface area contributed by atoms with Crippen LogP contribution in [0.5, 0.6) is 0 Å². The second-order valence-electron chi connectivity index (χ2n) is 17.8. The van der Waals surface area contributed by atoms with Gasteiger partial charge in [0, 0.05) is 72.1 Å². The molecule has 22 nitrogen and oxygen atoms in total. The van der Waals surface area contributed by atoms with Crippen LogP contribution in [-0.4, -0.2) is 195 Å². The van der Waals surface area contributed by atoms with Crippen LogP contribution in [0.1, 0.15) is 124 Å². The Hall–Kier alpha value is -3.07. The Bertz CT molecular complexity index is 1400. The zero-order chi connectivity index (χ0) is 51.1. The highest BCUT2D eigenvalue weighted by molar-refractivity contribution is 5.75. The van der Waals surface area contributed by atoms with Gasteiger partial charge in [-0.05, 0) is 44.9 Å². The Kier molecular flexibility index (Phi) is 33.3. The first-order valence-electron chi connectivity index (χ1n) is 23.9. The molecule has 0 aromatic rings. The Morgan fingerprint density at radius 2 is 1.03 bits per heavy atom. The lowest BCUT2D eigenvalue weighted by atomic mass is 9.90. The number of ether oxygens (including phenoxy) is 5. The summed E-state index contributed by atoms with van der Waals surface area (Å²) in [4.78, 5) is 35.0. The van der Waals surface area contributed by atoms with Gasteiger partial charge in [-0.3, -0.25) is 14.4 Å². The number of hydrogen-bond acceptors (Lipinski definition) is 19. The SMILES string of the molecule is CC(=O)N/C(=C(/O)[C@@H](O)CCO)[C@@H](O)CCCCCCOCC(C)(COCCCCCC[C@@H]1OC(CO)[C@H](O)C(O)C1NC(C)=O)COCCCCCO[C@H](O)/C(NC(C)=O)=C(\O)[C@@H](O)CCO. The highest BCUT2D eigenvalue weighted by Gasteiger charge is 2.44. The fraction of sp³-hybridized carbons (Fsp3) is 0.848. The molecule has 0 bridgehead atoms. The van der Waals surface area contributed by atoms with Gasteiger partial charge in [-0.1, -0.05) is 45.4 Å². The van der Waals surface area contributed by atoms with Gasteiger partial charge in [0.1, 0.15) is 47.7 Å². The molecule has 0 saturated carbocycles. The van der Waals surface area contributed by atoms with Gasteiger partial charge in [0.25, 0.3) is 0 Å². The van der Waals surface area contributed by atoms with E-state index in [4.69, 9.17) is 33.9 Å². The fourth-order valence-corrected chi connectivity index (χ4v) is 7.47.